The van der Waals surface area contributed by atoms with Crippen LogP contribution in [0.3, 0.4) is 0 Å². The van der Waals surface area contributed by atoms with Gasteiger partial charge in [-0.1, -0.05) is 0 Å². The molecule has 2 aromatic heterocycles. The summed E-state index contributed by atoms with van der Waals surface area (Å²) < 4.78 is 18.5. The van der Waals surface area contributed by atoms with E-state index in [1.165, 1.54) is 0 Å². The van der Waals surface area contributed by atoms with Gasteiger partial charge in [-0.05, 0) is 38.0 Å². The van der Waals surface area contributed by atoms with E-state index in [0.717, 1.165) is 39.6 Å². The second-order valence-corrected chi connectivity index (χ2v) is 6.22. The fourth-order valence-corrected chi connectivity index (χ4v) is 3.24. The standard InChI is InChI=1S/C19H24N4O3/c1-10-13(8-14(24-5)18(26-7)17(10)25-6)9-15-22-16-11(2)20-12(3)21-19(16)23(15)4/h8H,9H2,1-7H3. The van der Waals surface area contributed by atoms with Crippen LogP contribution >= 0.6 is 0 Å². The van der Waals surface area contributed by atoms with Gasteiger partial charge in [0.15, 0.2) is 17.1 Å². The highest BCUT2D eigenvalue weighted by molar-refractivity contribution is 5.74. The molecule has 0 amide bonds. The summed E-state index contributed by atoms with van der Waals surface area (Å²) in [4.78, 5) is 13.7. The molecular formula is C19H24N4O3. The number of fused-ring (bicyclic) bond motifs is 1. The molecule has 0 radical (unpaired) electrons. The molecule has 0 atom stereocenters. The minimum atomic E-state index is 0.596. The van der Waals surface area contributed by atoms with Crippen LogP contribution in [0, 0.1) is 20.8 Å². The molecule has 0 aliphatic carbocycles. The van der Waals surface area contributed by atoms with E-state index in [1.807, 2.05) is 38.5 Å². The summed E-state index contributed by atoms with van der Waals surface area (Å²) in [7, 11) is 6.83. The first-order valence-electron chi connectivity index (χ1n) is 8.36. The molecule has 2 heterocycles. The van der Waals surface area contributed by atoms with Gasteiger partial charge in [0.25, 0.3) is 0 Å². The van der Waals surface area contributed by atoms with Crippen LogP contribution in [0.15, 0.2) is 6.07 Å². The SMILES string of the molecule is COc1cc(Cc2nc3c(C)nc(C)nc3n2C)c(C)c(OC)c1OC. The third-order valence-corrected chi connectivity index (χ3v) is 4.63. The van der Waals surface area contributed by atoms with Gasteiger partial charge in [-0.15, -0.1) is 0 Å². The Labute approximate surface area is 153 Å². The molecular weight excluding hydrogens is 332 g/mol. The zero-order valence-electron chi connectivity index (χ0n) is 16.3. The normalized spacial score (nSPS) is 11.0. The van der Waals surface area contributed by atoms with Gasteiger partial charge < -0.3 is 18.8 Å². The molecule has 0 saturated carbocycles. The summed E-state index contributed by atoms with van der Waals surface area (Å²) in [5, 5.41) is 0. The quantitative estimate of drug-likeness (QED) is 0.700. The number of aryl methyl sites for hydroxylation is 3. The molecule has 0 spiro atoms. The van der Waals surface area contributed by atoms with Gasteiger partial charge in [-0.25, -0.2) is 15.0 Å². The first-order valence-corrected chi connectivity index (χ1v) is 8.36. The summed E-state index contributed by atoms with van der Waals surface area (Å²) >= 11 is 0. The number of benzene rings is 1. The Bertz CT molecular complexity index is 979. The molecule has 3 rings (SSSR count). The topological polar surface area (TPSA) is 71.3 Å². The molecule has 138 valence electrons. The average Bonchev–Trinajstić information content (AvgIpc) is 2.92. The number of ether oxygens (including phenoxy) is 3. The lowest BCUT2D eigenvalue weighted by atomic mass is 10.0. The maximum atomic E-state index is 5.56. The highest BCUT2D eigenvalue weighted by Crippen LogP contribution is 2.42. The lowest BCUT2D eigenvalue weighted by Gasteiger charge is -2.17. The second kappa shape index (κ2) is 6.82. The molecule has 3 aromatic rings. The predicted molar refractivity (Wildman–Crippen MR) is 99.4 cm³/mol. The van der Waals surface area contributed by atoms with E-state index >= 15 is 0 Å². The Morgan fingerprint density at radius 1 is 0.923 bits per heavy atom. The Morgan fingerprint density at radius 3 is 2.23 bits per heavy atom. The highest BCUT2D eigenvalue weighted by Gasteiger charge is 2.20. The van der Waals surface area contributed by atoms with Gasteiger partial charge in [-0.3, -0.25) is 0 Å². The van der Waals surface area contributed by atoms with Crippen molar-refractivity contribution in [3.8, 4) is 17.2 Å². The minimum Gasteiger partial charge on any atom is -0.493 e. The van der Waals surface area contributed by atoms with E-state index in [2.05, 4.69) is 9.97 Å². The zero-order chi connectivity index (χ0) is 19.0. The van der Waals surface area contributed by atoms with Crippen LogP contribution < -0.4 is 14.2 Å². The molecule has 7 heteroatoms. The number of nitrogens with zero attached hydrogens (tertiary/aromatic N) is 4. The summed E-state index contributed by atoms with van der Waals surface area (Å²) in [6.07, 6.45) is 0.619. The number of imidazole rings is 1. The first kappa shape index (κ1) is 18.0. The summed E-state index contributed by atoms with van der Waals surface area (Å²) in [6.45, 7) is 5.86. The van der Waals surface area contributed by atoms with E-state index in [1.54, 1.807) is 21.3 Å². The molecule has 1 aromatic carbocycles. The maximum absolute atomic E-state index is 5.56. The van der Waals surface area contributed by atoms with Gasteiger partial charge in [-0.2, -0.15) is 0 Å². The Hall–Kier alpha value is -2.83. The van der Waals surface area contributed by atoms with Crippen molar-refractivity contribution < 1.29 is 14.2 Å². The van der Waals surface area contributed by atoms with Crippen LogP contribution in [0.5, 0.6) is 17.2 Å². The fraction of sp³-hybridized carbons (Fsp3) is 0.421. The first-order chi connectivity index (χ1) is 12.4. The van der Waals surface area contributed by atoms with Gasteiger partial charge in [0, 0.05) is 13.5 Å². The lowest BCUT2D eigenvalue weighted by Crippen LogP contribution is -2.05. The van der Waals surface area contributed by atoms with Crippen LogP contribution in [-0.2, 0) is 13.5 Å². The molecule has 0 bridgehead atoms. The van der Waals surface area contributed by atoms with Crippen molar-refractivity contribution in [3.05, 3.63) is 34.5 Å². The van der Waals surface area contributed by atoms with E-state index in [9.17, 15) is 0 Å². The third-order valence-electron chi connectivity index (χ3n) is 4.63. The third kappa shape index (κ3) is 2.83. The van der Waals surface area contributed by atoms with Gasteiger partial charge in [0.05, 0.1) is 27.0 Å². The second-order valence-electron chi connectivity index (χ2n) is 6.22. The zero-order valence-corrected chi connectivity index (χ0v) is 16.3. The molecule has 0 saturated heterocycles. The van der Waals surface area contributed by atoms with Crippen LogP contribution in [0.1, 0.15) is 28.5 Å². The largest absolute Gasteiger partial charge is 0.493 e. The average molecular weight is 356 g/mol. The molecule has 0 fully saturated rings. The predicted octanol–water partition coefficient (Wildman–Crippen LogP) is 2.91. The van der Waals surface area contributed by atoms with Gasteiger partial charge in [0.1, 0.15) is 17.2 Å². The minimum absolute atomic E-state index is 0.596. The summed E-state index contributed by atoms with van der Waals surface area (Å²) in [5.74, 6) is 3.55. The summed E-state index contributed by atoms with van der Waals surface area (Å²) in [6, 6.07) is 1.97. The van der Waals surface area contributed by atoms with E-state index < -0.39 is 0 Å². The van der Waals surface area contributed by atoms with Crippen molar-refractivity contribution in [2.45, 2.75) is 27.2 Å². The Balaban J connectivity index is 2.14. The number of aromatic nitrogens is 4. The van der Waals surface area contributed by atoms with E-state index in [0.29, 0.717) is 23.7 Å². The molecule has 26 heavy (non-hydrogen) atoms. The van der Waals surface area contributed by atoms with Crippen molar-refractivity contribution in [1.29, 1.82) is 0 Å². The van der Waals surface area contributed by atoms with E-state index in [4.69, 9.17) is 19.2 Å². The molecule has 0 aliphatic heterocycles. The van der Waals surface area contributed by atoms with Crippen molar-refractivity contribution in [3.63, 3.8) is 0 Å². The van der Waals surface area contributed by atoms with Crippen LogP contribution in [0.4, 0.5) is 0 Å². The molecule has 7 nitrogen and oxygen atoms in total. The van der Waals surface area contributed by atoms with Crippen LogP contribution in [0.2, 0.25) is 0 Å². The van der Waals surface area contributed by atoms with Crippen molar-refractivity contribution in [1.82, 2.24) is 19.5 Å². The van der Waals surface area contributed by atoms with Crippen molar-refractivity contribution in [2.24, 2.45) is 7.05 Å². The molecule has 0 unspecified atom stereocenters. The monoisotopic (exact) mass is 356 g/mol. The lowest BCUT2D eigenvalue weighted by molar-refractivity contribution is 0.322. The van der Waals surface area contributed by atoms with Crippen LogP contribution in [0.25, 0.3) is 11.2 Å². The summed E-state index contributed by atoms with van der Waals surface area (Å²) in [5.41, 5.74) is 4.61. The Morgan fingerprint density at radius 2 is 1.62 bits per heavy atom. The number of hydrogen-bond acceptors (Lipinski definition) is 6. The fourth-order valence-electron chi connectivity index (χ4n) is 3.24. The molecule has 0 aliphatic rings. The number of hydrogen-bond donors (Lipinski definition) is 0. The maximum Gasteiger partial charge on any atom is 0.203 e. The van der Waals surface area contributed by atoms with Crippen molar-refractivity contribution in [2.75, 3.05) is 21.3 Å². The van der Waals surface area contributed by atoms with Gasteiger partial charge >= 0.3 is 0 Å². The number of methoxy groups -OCH3 is 3. The molecule has 0 N–H and O–H groups in total. The smallest absolute Gasteiger partial charge is 0.203 e. The highest BCUT2D eigenvalue weighted by atomic mass is 16.5. The number of rotatable bonds is 5. The van der Waals surface area contributed by atoms with Crippen LogP contribution in [-0.4, -0.2) is 40.8 Å². The van der Waals surface area contributed by atoms with E-state index in [-0.39, 0.29) is 0 Å². The Kier molecular flexibility index (Phi) is 4.71. The van der Waals surface area contributed by atoms with Crippen molar-refractivity contribution >= 4 is 11.2 Å². The van der Waals surface area contributed by atoms with Gasteiger partial charge in [0.2, 0.25) is 5.75 Å².